The molecular weight excluding hydrogens is 316 g/mol. The largest absolute Gasteiger partial charge is 0.493 e. The number of hydrogen-bond acceptors (Lipinski definition) is 6. The number of para-hydroxylation sites is 1. The molecule has 0 unspecified atom stereocenters. The maximum Gasteiger partial charge on any atom is 0.325 e. The third-order valence-electron chi connectivity index (χ3n) is 3.56. The third kappa shape index (κ3) is 2.70. The van der Waals surface area contributed by atoms with E-state index in [1.54, 1.807) is 6.08 Å². The lowest BCUT2D eigenvalue weighted by atomic mass is 10.0. The molecule has 7 heteroatoms. The molecule has 0 saturated heterocycles. The van der Waals surface area contributed by atoms with E-state index in [-0.39, 0.29) is 12.4 Å². The Balaban J connectivity index is 2.05. The Morgan fingerprint density at radius 1 is 1.43 bits per heavy atom. The number of rotatable bonds is 3. The van der Waals surface area contributed by atoms with Gasteiger partial charge in [-0.05, 0) is 19.1 Å². The van der Waals surface area contributed by atoms with Crippen molar-refractivity contribution in [3.63, 3.8) is 0 Å². The quantitative estimate of drug-likeness (QED) is 0.877. The number of benzene rings is 1. The van der Waals surface area contributed by atoms with Crippen molar-refractivity contribution in [3.05, 3.63) is 44.4 Å². The fraction of sp³-hybridized carbons (Fsp3) is 0.188. The predicted molar refractivity (Wildman–Crippen MR) is 89.3 cm³/mol. The van der Waals surface area contributed by atoms with Gasteiger partial charge in [0.2, 0.25) is 5.88 Å². The summed E-state index contributed by atoms with van der Waals surface area (Å²) in [5.41, 5.74) is 3.47. The summed E-state index contributed by atoms with van der Waals surface area (Å²) in [5, 5.41) is 10.2. The maximum absolute atomic E-state index is 12.0. The van der Waals surface area contributed by atoms with Gasteiger partial charge in [-0.3, -0.25) is 19.1 Å². The summed E-state index contributed by atoms with van der Waals surface area (Å²) < 4.78 is 5.53. The Morgan fingerprint density at radius 2 is 2.17 bits per heavy atom. The van der Waals surface area contributed by atoms with Crippen molar-refractivity contribution >= 4 is 40.4 Å². The fourth-order valence-corrected chi connectivity index (χ4v) is 3.22. The number of methoxy groups -OCH3 is 1. The molecule has 1 aliphatic heterocycles. The SMILES string of the molecule is COC(=O)Cn1c(O)c(/C=C2/C(C)=Nc3ccccc32)sc1=O. The van der Waals surface area contributed by atoms with Gasteiger partial charge in [-0.1, -0.05) is 29.5 Å². The Morgan fingerprint density at radius 3 is 2.91 bits per heavy atom. The first-order valence-corrected chi connectivity index (χ1v) is 7.69. The van der Waals surface area contributed by atoms with Gasteiger partial charge in [-0.2, -0.15) is 0 Å². The number of hydrogen-bond donors (Lipinski definition) is 1. The molecule has 0 fully saturated rings. The first-order valence-electron chi connectivity index (χ1n) is 6.87. The van der Waals surface area contributed by atoms with Crippen LogP contribution in [0.2, 0.25) is 0 Å². The van der Waals surface area contributed by atoms with Crippen LogP contribution in [0, 0.1) is 0 Å². The van der Waals surface area contributed by atoms with Crippen LogP contribution in [0.15, 0.2) is 34.1 Å². The van der Waals surface area contributed by atoms with E-state index in [4.69, 9.17) is 0 Å². The van der Waals surface area contributed by atoms with E-state index in [2.05, 4.69) is 9.73 Å². The molecule has 1 aromatic carbocycles. The normalized spacial score (nSPS) is 14.7. The Labute approximate surface area is 136 Å². The number of esters is 1. The lowest BCUT2D eigenvalue weighted by molar-refractivity contribution is -0.141. The second kappa shape index (κ2) is 5.85. The van der Waals surface area contributed by atoms with Crippen molar-refractivity contribution in [1.29, 1.82) is 0 Å². The number of aliphatic imine (C=N–C) groups is 1. The molecule has 118 valence electrons. The number of carbonyl (C=O) groups is 1. The van der Waals surface area contributed by atoms with E-state index in [9.17, 15) is 14.7 Å². The molecule has 0 radical (unpaired) electrons. The first kappa shape index (κ1) is 15.2. The van der Waals surface area contributed by atoms with Gasteiger partial charge >= 0.3 is 10.8 Å². The summed E-state index contributed by atoms with van der Waals surface area (Å²) in [6.07, 6.45) is 1.72. The molecule has 2 heterocycles. The van der Waals surface area contributed by atoms with Crippen molar-refractivity contribution in [2.45, 2.75) is 13.5 Å². The van der Waals surface area contributed by atoms with Crippen molar-refractivity contribution in [1.82, 2.24) is 4.57 Å². The van der Waals surface area contributed by atoms with Gasteiger partial charge in [-0.15, -0.1) is 0 Å². The summed E-state index contributed by atoms with van der Waals surface area (Å²) in [6.45, 7) is 1.56. The predicted octanol–water partition coefficient (Wildman–Crippen LogP) is 2.44. The second-order valence-electron chi connectivity index (χ2n) is 4.99. The first-order chi connectivity index (χ1) is 11.0. The van der Waals surface area contributed by atoms with Crippen LogP contribution in [0.4, 0.5) is 5.69 Å². The lowest BCUT2D eigenvalue weighted by Crippen LogP contribution is -2.19. The highest BCUT2D eigenvalue weighted by Crippen LogP contribution is 2.37. The zero-order chi connectivity index (χ0) is 16.6. The van der Waals surface area contributed by atoms with Gasteiger partial charge in [0.15, 0.2) is 0 Å². The van der Waals surface area contributed by atoms with Gasteiger partial charge in [0.1, 0.15) is 6.54 Å². The average molecular weight is 330 g/mol. The Kier molecular flexibility index (Phi) is 3.87. The van der Waals surface area contributed by atoms with Gasteiger partial charge < -0.3 is 9.84 Å². The summed E-state index contributed by atoms with van der Waals surface area (Å²) in [4.78, 5) is 27.7. The molecule has 0 aliphatic carbocycles. The molecule has 1 aliphatic rings. The van der Waals surface area contributed by atoms with Crippen LogP contribution in [-0.4, -0.2) is 28.5 Å². The Bertz CT molecular complexity index is 905. The molecule has 0 spiro atoms. The van der Waals surface area contributed by atoms with Crippen LogP contribution in [0.5, 0.6) is 5.88 Å². The van der Waals surface area contributed by atoms with Crippen molar-refractivity contribution in [2.75, 3.05) is 7.11 Å². The molecule has 23 heavy (non-hydrogen) atoms. The molecule has 1 N–H and O–H groups in total. The number of aromatic nitrogens is 1. The number of allylic oxidation sites excluding steroid dienone is 1. The number of aromatic hydroxyl groups is 1. The highest BCUT2D eigenvalue weighted by Gasteiger charge is 2.20. The zero-order valence-electron chi connectivity index (χ0n) is 12.6. The molecular formula is C16H14N2O4S. The highest BCUT2D eigenvalue weighted by atomic mass is 32.1. The van der Waals surface area contributed by atoms with E-state index in [1.165, 1.54) is 7.11 Å². The summed E-state index contributed by atoms with van der Waals surface area (Å²) in [5.74, 6) is -0.835. The van der Waals surface area contributed by atoms with E-state index in [0.717, 1.165) is 38.4 Å². The number of carbonyl (C=O) groups excluding carboxylic acids is 1. The van der Waals surface area contributed by atoms with E-state index >= 15 is 0 Å². The molecule has 0 amide bonds. The maximum atomic E-state index is 12.0. The molecule has 1 aromatic heterocycles. The van der Waals surface area contributed by atoms with Gasteiger partial charge in [0, 0.05) is 16.8 Å². The molecule has 0 saturated carbocycles. The third-order valence-corrected chi connectivity index (χ3v) is 4.47. The highest BCUT2D eigenvalue weighted by molar-refractivity contribution is 7.10. The molecule has 6 nitrogen and oxygen atoms in total. The van der Waals surface area contributed by atoms with Gasteiger partial charge in [-0.25, -0.2) is 0 Å². The molecule has 0 bridgehead atoms. The number of fused-ring (bicyclic) bond motifs is 1. The standard InChI is InChI=1S/C16H14N2O4S/c1-9-11(10-5-3-4-6-12(10)17-9)7-13-15(20)18(16(21)23-13)8-14(19)22-2/h3-7,20H,8H2,1-2H3/b11-7-. The minimum absolute atomic E-state index is 0.241. The summed E-state index contributed by atoms with van der Waals surface area (Å²) >= 11 is 0.875. The van der Waals surface area contributed by atoms with E-state index < -0.39 is 10.8 Å². The van der Waals surface area contributed by atoms with Crippen LogP contribution in [0.1, 0.15) is 17.4 Å². The second-order valence-corrected chi connectivity index (χ2v) is 5.98. The topological polar surface area (TPSA) is 80.9 Å². The van der Waals surface area contributed by atoms with Crippen LogP contribution in [0.3, 0.4) is 0 Å². The monoisotopic (exact) mass is 330 g/mol. The average Bonchev–Trinajstić information content (AvgIpc) is 2.99. The number of nitrogens with zero attached hydrogens (tertiary/aromatic N) is 2. The van der Waals surface area contributed by atoms with Crippen LogP contribution in [-0.2, 0) is 16.1 Å². The summed E-state index contributed by atoms with van der Waals surface area (Å²) in [6, 6.07) is 7.66. The molecule has 3 rings (SSSR count). The molecule has 0 atom stereocenters. The number of ether oxygens (including phenoxy) is 1. The van der Waals surface area contributed by atoms with Crippen molar-refractivity contribution in [3.8, 4) is 5.88 Å². The Hall–Kier alpha value is -2.67. The molecule has 2 aromatic rings. The number of thiazole rings is 1. The van der Waals surface area contributed by atoms with Crippen LogP contribution >= 0.6 is 11.3 Å². The lowest BCUT2D eigenvalue weighted by Gasteiger charge is -2.03. The smallest absolute Gasteiger partial charge is 0.325 e. The fourth-order valence-electron chi connectivity index (χ4n) is 2.39. The van der Waals surface area contributed by atoms with Crippen molar-refractivity contribution in [2.24, 2.45) is 4.99 Å². The van der Waals surface area contributed by atoms with Crippen LogP contribution < -0.4 is 4.87 Å². The summed E-state index contributed by atoms with van der Waals surface area (Å²) in [7, 11) is 1.23. The minimum atomic E-state index is -0.594. The van der Waals surface area contributed by atoms with Gasteiger partial charge in [0.05, 0.1) is 17.7 Å². The van der Waals surface area contributed by atoms with E-state index in [0.29, 0.717) is 4.88 Å². The van der Waals surface area contributed by atoms with Gasteiger partial charge in [0.25, 0.3) is 0 Å². The van der Waals surface area contributed by atoms with Crippen LogP contribution in [0.25, 0.3) is 11.6 Å². The zero-order valence-corrected chi connectivity index (χ0v) is 13.4. The van der Waals surface area contributed by atoms with E-state index in [1.807, 2.05) is 31.2 Å². The van der Waals surface area contributed by atoms with Crippen molar-refractivity contribution < 1.29 is 14.6 Å². The minimum Gasteiger partial charge on any atom is -0.493 e.